The van der Waals surface area contributed by atoms with Crippen LogP contribution in [0.2, 0.25) is 0 Å². The number of rotatable bonds is 5. The Morgan fingerprint density at radius 3 is 3.05 bits per heavy atom. The van der Waals surface area contributed by atoms with Crippen molar-refractivity contribution in [3.8, 4) is 0 Å². The molecule has 1 aliphatic heterocycles. The molecule has 1 aromatic heterocycles. The smallest absolute Gasteiger partial charge is 0.280 e. The number of H-pyrrole nitrogens is 1. The molecule has 4 N–H and O–H groups in total. The average Bonchev–Trinajstić information content (AvgIpc) is 2.92. The maximum Gasteiger partial charge on any atom is 0.280 e. The number of nitrogens with zero attached hydrogens (tertiary/aromatic N) is 3. The van der Waals surface area contributed by atoms with E-state index in [4.69, 9.17) is 5.73 Å². The molecule has 19 heavy (non-hydrogen) atoms. The van der Waals surface area contributed by atoms with E-state index in [0.717, 1.165) is 19.3 Å². The largest absolute Gasteiger partial charge is 0.329 e. The van der Waals surface area contributed by atoms with Crippen molar-refractivity contribution in [3.05, 3.63) is 12.2 Å². The monoisotopic (exact) mass is 288 g/mol. The lowest BCUT2D eigenvalue weighted by Crippen LogP contribution is -2.52. The minimum atomic E-state index is -3.55. The molecule has 0 bridgehead atoms. The van der Waals surface area contributed by atoms with Crippen molar-refractivity contribution >= 4 is 10.2 Å². The van der Waals surface area contributed by atoms with Crippen LogP contribution < -0.4 is 10.5 Å². The van der Waals surface area contributed by atoms with Crippen LogP contribution in [0.5, 0.6) is 0 Å². The Kier molecular flexibility index (Phi) is 4.50. The van der Waals surface area contributed by atoms with E-state index in [1.807, 2.05) is 0 Å². The quantitative estimate of drug-likeness (QED) is 0.676. The minimum Gasteiger partial charge on any atom is -0.329 e. The van der Waals surface area contributed by atoms with Gasteiger partial charge >= 0.3 is 0 Å². The predicted molar refractivity (Wildman–Crippen MR) is 70.3 cm³/mol. The first-order valence-electron chi connectivity index (χ1n) is 6.39. The summed E-state index contributed by atoms with van der Waals surface area (Å²) in [4.78, 5) is 3.95. The lowest BCUT2D eigenvalue weighted by Gasteiger charge is -2.34. The second-order valence-corrected chi connectivity index (χ2v) is 6.37. The average molecular weight is 288 g/mol. The fourth-order valence-electron chi connectivity index (χ4n) is 2.30. The van der Waals surface area contributed by atoms with E-state index in [1.54, 1.807) is 6.92 Å². The molecule has 2 atom stereocenters. The molecule has 9 heteroatoms. The SMILES string of the molecule is CC(NS(=O)(=O)N1CCCCC1CN)c1ncn[nH]1. The molecule has 0 aromatic carbocycles. The Morgan fingerprint density at radius 2 is 2.42 bits per heavy atom. The van der Waals surface area contributed by atoms with Crippen LogP contribution in [0.1, 0.15) is 38.1 Å². The number of aromatic nitrogens is 3. The Hall–Kier alpha value is -1.03. The fourth-order valence-corrected chi connectivity index (χ4v) is 3.94. The number of hydrogen-bond acceptors (Lipinski definition) is 5. The fraction of sp³-hybridized carbons (Fsp3) is 0.800. The summed E-state index contributed by atoms with van der Waals surface area (Å²) < 4.78 is 28.8. The van der Waals surface area contributed by atoms with Gasteiger partial charge in [-0.3, -0.25) is 5.10 Å². The van der Waals surface area contributed by atoms with E-state index in [1.165, 1.54) is 10.6 Å². The van der Waals surface area contributed by atoms with Crippen LogP contribution in [-0.4, -0.2) is 47.0 Å². The third kappa shape index (κ3) is 3.30. The second kappa shape index (κ2) is 5.95. The molecule has 0 aliphatic carbocycles. The number of aromatic amines is 1. The van der Waals surface area contributed by atoms with Crippen LogP contribution in [-0.2, 0) is 10.2 Å². The Morgan fingerprint density at radius 1 is 1.63 bits per heavy atom. The van der Waals surface area contributed by atoms with Crippen molar-refractivity contribution in [1.29, 1.82) is 0 Å². The number of nitrogens with two attached hydrogens (primary N) is 1. The minimum absolute atomic E-state index is 0.117. The standard InChI is InChI=1S/C10H20N6O2S/c1-8(10-12-7-13-14-10)15-19(17,18)16-5-3-2-4-9(16)6-11/h7-9,15H,2-6,11H2,1H3,(H,12,13,14). The van der Waals surface area contributed by atoms with Gasteiger partial charge in [0.25, 0.3) is 10.2 Å². The molecular weight excluding hydrogens is 268 g/mol. The van der Waals surface area contributed by atoms with E-state index < -0.39 is 16.3 Å². The van der Waals surface area contributed by atoms with Gasteiger partial charge in [-0.25, -0.2) is 4.98 Å². The van der Waals surface area contributed by atoms with Gasteiger partial charge in [0.05, 0.1) is 6.04 Å². The summed E-state index contributed by atoms with van der Waals surface area (Å²) in [6.07, 6.45) is 4.05. The third-order valence-corrected chi connectivity index (χ3v) is 5.07. The molecule has 0 spiro atoms. The molecule has 2 unspecified atom stereocenters. The van der Waals surface area contributed by atoms with Gasteiger partial charge in [0.2, 0.25) is 0 Å². The van der Waals surface area contributed by atoms with Gasteiger partial charge in [-0.05, 0) is 19.8 Å². The van der Waals surface area contributed by atoms with Crippen LogP contribution >= 0.6 is 0 Å². The molecule has 0 radical (unpaired) electrons. The van der Waals surface area contributed by atoms with E-state index in [2.05, 4.69) is 19.9 Å². The zero-order valence-electron chi connectivity index (χ0n) is 10.9. The lowest BCUT2D eigenvalue weighted by atomic mass is 10.1. The van der Waals surface area contributed by atoms with E-state index in [9.17, 15) is 8.42 Å². The summed E-state index contributed by atoms with van der Waals surface area (Å²) in [6.45, 7) is 2.58. The maximum atomic E-state index is 12.4. The van der Waals surface area contributed by atoms with Gasteiger partial charge in [0.15, 0.2) is 0 Å². The van der Waals surface area contributed by atoms with Gasteiger partial charge in [-0.2, -0.15) is 22.5 Å². The molecule has 1 fully saturated rings. The highest BCUT2D eigenvalue weighted by molar-refractivity contribution is 7.87. The lowest BCUT2D eigenvalue weighted by molar-refractivity contribution is 0.253. The number of nitrogens with one attached hydrogen (secondary N) is 2. The van der Waals surface area contributed by atoms with Crippen LogP contribution in [0, 0.1) is 0 Å². The van der Waals surface area contributed by atoms with Crippen molar-refractivity contribution in [2.75, 3.05) is 13.1 Å². The van der Waals surface area contributed by atoms with Gasteiger partial charge in [0, 0.05) is 19.1 Å². The molecule has 8 nitrogen and oxygen atoms in total. The Bertz CT molecular complexity index is 488. The topological polar surface area (TPSA) is 117 Å². The molecule has 0 amide bonds. The van der Waals surface area contributed by atoms with Gasteiger partial charge in [-0.15, -0.1) is 0 Å². The highest BCUT2D eigenvalue weighted by Crippen LogP contribution is 2.20. The van der Waals surface area contributed by atoms with E-state index in [0.29, 0.717) is 18.9 Å². The van der Waals surface area contributed by atoms with Gasteiger partial charge in [-0.1, -0.05) is 6.42 Å². The van der Waals surface area contributed by atoms with Crippen LogP contribution in [0.15, 0.2) is 6.33 Å². The molecular formula is C10H20N6O2S. The highest BCUT2D eigenvalue weighted by atomic mass is 32.2. The van der Waals surface area contributed by atoms with Crippen molar-refractivity contribution in [1.82, 2.24) is 24.2 Å². The van der Waals surface area contributed by atoms with Gasteiger partial charge in [0.1, 0.15) is 12.2 Å². The number of hydrogen-bond donors (Lipinski definition) is 3. The van der Waals surface area contributed by atoms with Crippen LogP contribution in [0.4, 0.5) is 0 Å². The molecule has 0 saturated carbocycles. The number of piperidine rings is 1. The van der Waals surface area contributed by atoms with E-state index >= 15 is 0 Å². The maximum absolute atomic E-state index is 12.4. The van der Waals surface area contributed by atoms with Gasteiger partial charge < -0.3 is 5.73 Å². The summed E-state index contributed by atoms with van der Waals surface area (Å²) in [5, 5.41) is 6.37. The summed E-state index contributed by atoms with van der Waals surface area (Å²) in [7, 11) is -3.55. The highest BCUT2D eigenvalue weighted by Gasteiger charge is 2.32. The Balaban J connectivity index is 2.08. The summed E-state index contributed by atoms with van der Waals surface area (Å²) in [6, 6.07) is -0.568. The normalized spacial score (nSPS) is 23.4. The first-order chi connectivity index (χ1) is 9.04. The predicted octanol–water partition coefficient (Wildman–Crippen LogP) is -0.487. The first-order valence-corrected chi connectivity index (χ1v) is 7.83. The van der Waals surface area contributed by atoms with Crippen molar-refractivity contribution < 1.29 is 8.42 Å². The summed E-state index contributed by atoms with van der Waals surface area (Å²) in [5.41, 5.74) is 5.65. The molecule has 1 aliphatic rings. The second-order valence-electron chi connectivity index (χ2n) is 4.71. The van der Waals surface area contributed by atoms with Crippen LogP contribution in [0.3, 0.4) is 0 Å². The van der Waals surface area contributed by atoms with Crippen LogP contribution in [0.25, 0.3) is 0 Å². The van der Waals surface area contributed by atoms with E-state index in [-0.39, 0.29) is 6.04 Å². The third-order valence-electron chi connectivity index (χ3n) is 3.32. The first kappa shape index (κ1) is 14.4. The zero-order chi connectivity index (χ0) is 13.9. The molecule has 2 heterocycles. The van der Waals surface area contributed by atoms with Crippen molar-refractivity contribution in [3.63, 3.8) is 0 Å². The molecule has 108 valence electrons. The molecule has 1 saturated heterocycles. The molecule has 1 aromatic rings. The summed E-state index contributed by atoms with van der Waals surface area (Å²) >= 11 is 0. The Labute approximate surface area is 113 Å². The van der Waals surface area contributed by atoms with Crippen molar-refractivity contribution in [2.24, 2.45) is 5.73 Å². The van der Waals surface area contributed by atoms with Crippen molar-refractivity contribution in [2.45, 2.75) is 38.3 Å². The summed E-state index contributed by atoms with van der Waals surface area (Å²) in [5.74, 6) is 0.491. The zero-order valence-corrected chi connectivity index (χ0v) is 11.7. The molecule has 2 rings (SSSR count).